The van der Waals surface area contributed by atoms with Crippen molar-refractivity contribution in [3.63, 3.8) is 0 Å². The maximum absolute atomic E-state index is 13.0. The van der Waals surface area contributed by atoms with Crippen LogP contribution in [-0.2, 0) is 13.2 Å². The molecule has 126 valence electrons. The Balaban J connectivity index is 1.98. The van der Waals surface area contributed by atoms with Crippen molar-refractivity contribution >= 4 is 44.7 Å². The number of alkyl halides is 3. The predicted octanol–water partition coefficient (Wildman–Crippen LogP) is 4.87. The normalized spacial score (nSPS) is 11.9. The number of amides is 1. The van der Waals surface area contributed by atoms with Gasteiger partial charge in [-0.25, -0.2) is 0 Å². The lowest BCUT2D eigenvalue weighted by atomic mass is 10.2. The second-order valence-electron chi connectivity index (χ2n) is 5.21. The lowest BCUT2D eigenvalue weighted by Gasteiger charge is -2.07. The minimum absolute atomic E-state index is 0.0806. The fourth-order valence-corrected chi connectivity index (χ4v) is 3.41. The van der Waals surface area contributed by atoms with Gasteiger partial charge in [0.25, 0.3) is 5.91 Å². The van der Waals surface area contributed by atoms with Crippen molar-refractivity contribution in [1.29, 1.82) is 0 Å². The molecule has 0 bridgehead atoms. The SMILES string of the molecule is Cc1ccc(Cl)cc1NC(=O)c1cc2c(C(F)(F)F)nn(C)c2s1. The fourth-order valence-electron chi connectivity index (χ4n) is 2.27. The first-order chi connectivity index (χ1) is 11.2. The molecule has 1 N–H and O–H groups in total. The van der Waals surface area contributed by atoms with Crippen molar-refractivity contribution in [2.75, 3.05) is 5.32 Å². The number of hydrogen-bond donors (Lipinski definition) is 1. The molecular weight excluding hydrogens is 363 g/mol. The van der Waals surface area contributed by atoms with E-state index in [1.165, 1.54) is 13.1 Å². The van der Waals surface area contributed by atoms with Crippen LogP contribution in [0, 0.1) is 6.92 Å². The Kier molecular flexibility index (Phi) is 4.05. The van der Waals surface area contributed by atoms with Gasteiger partial charge in [0.15, 0.2) is 5.69 Å². The Hall–Kier alpha value is -2.06. The van der Waals surface area contributed by atoms with Crippen LogP contribution in [0.25, 0.3) is 10.2 Å². The van der Waals surface area contributed by atoms with Gasteiger partial charge in [0.2, 0.25) is 0 Å². The van der Waals surface area contributed by atoms with E-state index in [0.717, 1.165) is 21.6 Å². The highest BCUT2D eigenvalue weighted by molar-refractivity contribution is 7.20. The highest BCUT2D eigenvalue weighted by Crippen LogP contribution is 2.37. The second-order valence-corrected chi connectivity index (χ2v) is 6.68. The van der Waals surface area contributed by atoms with E-state index >= 15 is 0 Å². The number of rotatable bonds is 2. The lowest BCUT2D eigenvalue weighted by molar-refractivity contribution is -0.140. The molecule has 2 heterocycles. The largest absolute Gasteiger partial charge is 0.435 e. The number of carbonyl (C=O) groups excluding carboxylic acids is 1. The molecule has 4 nitrogen and oxygen atoms in total. The number of fused-ring (bicyclic) bond motifs is 1. The number of benzene rings is 1. The van der Waals surface area contributed by atoms with E-state index in [-0.39, 0.29) is 15.1 Å². The fraction of sp³-hybridized carbons (Fsp3) is 0.200. The summed E-state index contributed by atoms with van der Waals surface area (Å²) in [4.78, 5) is 12.8. The number of nitrogens with one attached hydrogen (secondary N) is 1. The van der Waals surface area contributed by atoms with Gasteiger partial charge < -0.3 is 5.32 Å². The minimum atomic E-state index is -4.57. The molecule has 0 unspecified atom stereocenters. The molecule has 3 rings (SSSR count). The van der Waals surface area contributed by atoms with Gasteiger partial charge in [-0.05, 0) is 30.7 Å². The molecule has 24 heavy (non-hydrogen) atoms. The highest BCUT2D eigenvalue weighted by Gasteiger charge is 2.37. The van der Waals surface area contributed by atoms with Crippen molar-refractivity contribution in [3.8, 4) is 0 Å². The first-order valence-corrected chi connectivity index (χ1v) is 7.97. The summed E-state index contributed by atoms with van der Waals surface area (Å²) in [6, 6.07) is 6.23. The summed E-state index contributed by atoms with van der Waals surface area (Å²) in [6.07, 6.45) is -4.57. The van der Waals surface area contributed by atoms with Crippen LogP contribution in [0.5, 0.6) is 0 Å². The van der Waals surface area contributed by atoms with E-state index in [1.54, 1.807) is 25.1 Å². The minimum Gasteiger partial charge on any atom is -0.321 e. The molecule has 0 atom stereocenters. The van der Waals surface area contributed by atoms with Crippen LogP contribution < -0.4 is 5.32 Å². The molecule has 1 amide bonds. The Morgan fingerprint density at radius 2 is 2.04 bits per heavy atom. The third-order valence-corrected chi connectivity index (χ3v) is 4.89. The van der Waals surface area contributed by atoms with Gasteiger partial charge in [0.1, 0.15) is 4.83 Å². The maximum atomic E-state index is 13.0. The van der Waals surface area contributed by atoms with Gasteiger partial charge in [-0.2, -0.15) is 18.3 Å². The van der Waals surface area contributed by atoms with Gasteiger partial charge in [0, 0.05) is 23.1 Å². The van der Waals surface area contributed by atoms with Crippen LogP contribution >= 0.6 is 22.9 Å². The van der Waals surface area contributed by atoms with Gasteiger partial charge in [-0.1, -0.05) is 17.7 Å². The van der Waals surface area contributed by atoms with Crippen LogP contribution in [0.2, 0.25) is 5.02 Å². The summed E-state index contributed by atoms with van der Waals surface area (Å²) in [5.74, 6) is -0.491. The molecule has 0 aliphatic rings. The first kappa shape index (κ1) is 16.8. The van der Waals surface area contributed by atoms with E-state index < -0.39 is 17.8 Å². The summed E-state index contributed by atoms with van der Waals surface area (Å²) in [6.45, 7) is 1.79. The third kappa shape index (κ3) is 2.99. The Morgan fingerprint density at radius 1 is 1.33 bits per heavy atom. The van der Waals surface area contributed by atoms with Crippen molar-refractivity contribution < 1.29 is 18.0 Å². The van der Waals surface area contributed by atoms with Crippen molar-refractivity contribution in [2.45, 2.75) is 13.1 Å². The van der Waals surface area contributed by atoms with Crippen LogP contribution in [0.3, 0.4) is 0 Å². The Bertz CT molecular complexity index is 945. The molecule has 1 aromatic carbocycles. The zero-order valence-corrected chi connectivity index (χ0v) is 14.1. The Labute approximate surface area is 143 Å². The van der Waals surface area contributed by atoms with E-state index in [0.29, 0.717) is 10.7 Å². The molecule has 0 saturated heterocycles. The molecular formula is C15H11ClF3N3OS. The molecule has 0 radical (unpaired) electrons. The van der Waals surface area contributed by atoms with Crippen LogP contribution in [0.15, 0.2) is 24.3 Å². The molecule has 0 spiro atoms. The average molecular weight is 374 g/mol. The van der Waals surface area contributed by atoms with Crippen molar-refractivity contribution in [2.24, 2.45) is 7.05 Å². The number of anilines is 1. The number of aryl methyl sites for hydroxylation is 2. The van der Waals surface area contributed by atoms with E-state index in [2.05, 4.69) is 10.4 Å². The standard InChI is InChI=1S/C15H11ClF3N3OS/c1-7-3-4-8(16)5-10(7)20-13(23)11-6-9-12(15(17,18)19)21-22(2)14(9)24-11/h3-6H,1-2H3,(H,20,23). The lowest BCUT2D eigenvalue weighted by Crippen LogP contribution is -2.11. The number of thiophene rings is 1. The van der Waals surface area contributed by atoms with E-state index in [1.807, 2.05) is 0 Å². The maximum Gasteiger partial charge on any atom is 0.435 e. The summed E-state index contributed by atoms with van der Waals surface area (Å²) in [7, 11) is 1.41. The number of carbonyl (C=O) groups is 1. The quantitative estimate of drug-likeness (QED) is 0.696. The molecule has 2 aromatic heterocycles. The summed E-state index contributed by atoms with van der Waals surface area (Å²) >= 11 is 6.85. The number of halogens is 4. The summed E-state index contributed by atoms with van der Waals surface area (Å²) in [5.41, 5.74) is 0.319. The summed E-state index contributed by atoms with van der Waals surface area (Å²) < 4.78 is 40.1. The van der Waals surface area contributed by atoms with Crippen molar-refractivity contribution in [3.05, 3.63) is 45.4 Å². The summed E-state index contributed by atoms with van der Waals surface area (Å²) in [5, 5.41) is 6.53. The molecule has 9 heteroatoms. The monoisotopic (exact) mass is 373 g/mol. The van der Waals surface area contributed by atoms with Gasteiger partial charge >= 0.3 is 6.18 Å². The van der Waals surface area contributed by atoms with Gasteiger partial charge in [-0.15, -0.1) is 11.3 Å². The Morgan fingerprint density at radius 3 is 2.71 bits per heavy atom. The highest BCUT2D eigenvalue weighted by atomic mass is 35.5. The number of hydrogen-bond acceptors (Lipinski definition) is 3. The molecule has 3 aromatic rings. The average Bonchev–Trinajstić information content (AvgIpc) is 3.03. The van der Waals surface area contributed by atoms with Crippen molar-refractivity contribution in [1.82, 2.24) is 9.78 Å². The van der Waals surface area contributed by atoms with Crippen LogP contribution in [0.1, 0.15) is 20.9 Å². The number of nitrogens with zero attached hydrogens (tertiary/aromatic N) is 2. The van der Waals surface area contributed by atoms with E-state index in [4.69, 9.17) is 11.6 Å². The molecule has 0 aliphatic heterocycles. The van der Waals surface area contributed by atoms with Gasteiger partial charge in [0.05, 0.1) is 4.88 Å². The molecule has 0 aliphatic carbocycles. The first-order valence-electron chi connectivity index (χ1n) is 6.78. The molecule has 0 fully saturated rings. The van der Waals surface area contributed by atoms with Gasteiger partial charge in [-0.3, -0.25) is 9.48 Å². The van der Waals surface area contributed by atoms with Crippen LogP contribution in [0.4, 0.5) is 18.9 Å². The smallest absolute Gasteiger partial charge is 0.321 e. The molecule has 0 saturated carbocycles. The zero-order chi connectivity index (χ0) is 17.6. The van der Waals surface area contributed by atoms with E-state index in [9.17, 15) is 18.0 Å². The predicted molar refractivity (Wildman–Crippen MR) is 87.7 cm³/mol. The second kappa shape index (κ2) is 5.78. The zero-order valence-electron chi connectivity index (χ0n) is 12.5. The topological polar surface area (TPSA) is 46.9 Å². The number of aromatic nitrogens is 2. The third-order valence-electron chi connectivity index (χ3n) is 3.45. The van der Waals surface area contributed by atoms with Crippen LogP contribution in [-0.4, -0.2) is 15.7 Å².